The highest BCUT2D eigenvalue weighted by molar-refractivity contribution is 7.15. The summed E-state index contributed by atoms with van der Waals surface area (Å²) in [6.07, 6.45) is 1.56. The van der Waals surface area contributed by atoms with E-state index in [4.69, 9.17) is 4.74 Å². The van der Waals surface area contributed by atoms with Crippen LogP contribution in [0.1, 0.15) is 20.9 Å². The number of hydrogen-bond donors (Lipinski definition) is 1. The van der Waals surface area contributed by atoms with Gasteiger partial charge in [-0.3, -0.25) is 10.1 Å². The van der Waals surface area contributed by atoms with Crippen LogP contribution in [-0.4, -0.2) is 23.2 Å². The van der Waals surface area contributed by atoms with E-state index in [0.29, 0.717) is 10.7 Å². The third-order valence-electron chi connectivity index (χ3n) is 3.58. The first kappa shape index (κ1) is 17.0. The molecule has 0 aliphatic rings. The number of hydrogen-bond acceptors (Lipinski definition) is 5. The van der Waals surface area contributed by atoms with E-state index in [2.05, 4.69) is 15.5 Å². The number of amides is 1. The number of nitrogens with one attached hydrogen (secondary N) is 1. The predicted octanol–water partition coefficient (Wildman–Crippen LogP) is 3.72. The Labute approximate surface area is 148 Å². The first-order valence-corrected chi connectivity index (χ1v) is 8.48. The van der Waals surface area contributed by atoms with Crippen LogP contribution in [0.15, 0.2) is 48.5 Å². The van der Waals surface area contributed by atoms with E-state index < -0.39 is 0 Å². The van der Waals surface area contributed by atoms with Gasteiger partial charge in [-0.05, 0) is 48.4 Å². The van der Waals surface area contributed by atoms with Gasteiger partial charge in [-0.15, -0.1) is 10.2 Å². The fraction of sp³-hybridized carbons (Fsp3) is 0.167. The van der Waals surface area contributed by atoms with Crippen molar-refractivity contribution in [3.63, 3.8) is 0 Å². The molecule has 0 aliphatic carbocycles. The minimum atomic E-state index is -0.381. The van der Waals surface area contributed by atoms with E-state index in [0.717, 1.165) is 23.6 Å². The molecule has 0 saturated heterocycles. The molecule has 2 aromatic carbocycles. The van der Waals surface area contributed by atoms with Gasteiger partial charge in [0.1, 0.15) is 16.6 Å². The van der Waals surface area contributed by atoms with E-state index in [1.165, 1.54) is 41.2 Å². The lowest BCUT2D eigenvalue weighted by molar-refractivity contribution is 0.102. The molecule has 1 N–H and O–H groups in total. The molecular formula is C18H16FN3O2S. The monoisotopic (exact) mass is 357 g/mol. The number of anilines is 1. The van der Waals surface area contributed by atoms with Crippen LogP contribution < -0.4 is 10.1 Å². The van der Waals surface area contributed by atoms with Gasteiger partial charge < -0.3 is 4.74 Å². The number of nitrogens with zero attached hydrogens (tertiary/aromatic N) is 2. The summed E-state index contributed by atoms with van der Waals surface area (Å²) in [5.74, 6) is 0.108. The van der Waals surface area contributed by atoms with Gasteiger partial charge in [0.15, 0.2) is 0 Å². The minimum absolute atomic E-state index is 0.335. The minimum Gasteiger partial charge on any atom is -0.497 e. The first-order valence-electron chi connectivity index (χ1n) is 7.66. The number of halogens is 1. The van der Waals surface area contributed by atoms with Crippen LogP contribution in [-0.2, 0) is 12.8 Å². The normalized spacial score (nSPS) is 10.5. The van der Waals surface area contributed by atoms with Crippen LogP contribution in [0.2, 0.25) is 0 Å². The molecule has 3 rings (SSSR count). The summed E-state index contributed by atoms with van der Waals surface area (Å²) in [6.45, 7) is 0. The van der Waals surface area contributed by atoms with Gasteiger partial charge in [0.05, 0.1) is 7.11 Å². The van der Waals surface area contributed by atoms with Crippen LogP contribution in [0.4, 0.5) is 9.52 Å². The van der Waals surface area contributed by atoms with Crippen LogP contribution in [0.3, 0.4) is 0 Å². The zero-order valence-electron chi connectivity index (χ0n) is 13.5. The Morgan fingerprint density at radius 2 is 1.80 bits per heavy atom. The molecule has 0 spiro atoms. The largest absolute Gasteiger partial charge is 0.497 e. The number of carbonyl (C=O) groups excluding carboxylic acids is 1. The van der Waals surface area contributed by atoms with Crippen molar-refractivity contribution in [3.05, 3.63) is 70.5 Å². The number of carbonyl (C=O) groups is 1. The van der Waals surface area contributed by atoms with Crippen molar-refractivity contribution >= 4 is 22.4 Å². The Morgan fingerprint density at radius 3 is 2.48 bits per heavy atom. The highest BCUT2D eigenvalue weighted by Crippen LogP contribution is 2.19. The maximum atomic E-state index is 12.9. The molecule has 1 aromatic heterocycles. The molecule has 0 unspecified atom stereocenters. The summed E-state index contributed by atoms with van der Waals surface area (Å²) in [5, 5.41) is 12.0. The molecule has 5 nitrogen and oxygen atoms in total. The molecular weight excluding hydrogens is 341 g/mol. The molecule has 0 radical (unpaired) electrons. The lowest BCUT2D eigenvalue weighted by atomic mass is 10.1. The van der Waals surface area contributed by atoms with Crippen molar-refractivity contribution in [2.45, 2.75) is 12.8 Å². The van der Waals surface area contributed by atoms with Crippen molar-refractivity contribution < 1.29 is 13.9 Å². The summed E-state index contributed by atoms with van der Waals surface area (Å²) >= 11 is 1.33. The third kappa shape index (κ3) is 4.60. The zero-order valence-corrected chi connectivity index (χ0v) is 14.3. The van der Waals surface area contributed by atoms with E-state index in [9.17, 15) is 9.18 Å². The lowest BCUT2D eigenvalue weighted by Gasteiger charge is -2.02. The van der Waals surface area contributed by atoms with Gasteiger partial charge in [-0.2, -0.15) is 0 Å². The summed E-state index contributed by atoms with van der Waals surface area (Å²) in [6, 6.07) is 13.2. The predicted molar refractivity (Wildman–Crippen MR) is 94.7 cm³/mol. The summed E-state index contributed by atoms with van der Waals surface area (Å²) in [7, 11) is 1.64. The van der Waals surface area contributed by atoms with Gasteiger partial charge in [-0.25, -0.2) is 4.39 Å². The summed E-state index contributed by atoms with van der Waals surface area (Å²) in [4.78, 5) is 12.1. The molecule has 1 amide bonds. The van der Waals surface area contributed by atoms with Crippen molar-refractivity contribution in [1.82, 2.24) is 10.2 Å². The van der Waals surface area contributed by atoms with Crippen LogP contribution in [0.5, 0.6) is 5.75 Å². The average Bonchev–Trinajstić information content (AvgIpc) is 3.08. The number of methoxy groups -OCH3 is 1. The van der Waals surface area contributed by atoms with Gasteiger partial charge in [0, 0.05) is 12.0 Å². The zero-order chi connectivity index (χ0) is 17.6. The number of aromatic nitrogens is 2. The van der Waals surface area contributed by atoms with Crippen LogP contribution >= 0.6 is 11.3 Å². The number of benzene rings is 2. The molecule has 0 saturated carbocycles. The van der Waals surface area contributed by atoms with Gasteiger partial charge in [-0.1, -0.05) is 23.5 Å². The third-order valence-corrected chi connectivity index (χ3v) is 4.48. The smallest absolute Gasteiger partial charge is 0.257 e. The van der Waals surface area contributed by atoms with Crippen molar-refractivity contribution in [2.24, 2.45) is 0 Å². The Hall–Kier alpha value is -2.80. The van der Waals surface area contributed by atoms with Crippen LogP contribution in [0.25, 0.3) is 0 Å². The fourth-order valence-corrected chi connectivity index (χ4v) is 2.95. The molecule has 0 fully saturated rings. The average molecular weight is 357 g/mol. The Kier molecular flexibility index (Phi) is 5.35. The topological polar surface area (TPSA) is 64.1 Å². The summed E-state index contributed by atoms with van der Waals surface area (Å²) < 4.78 is 18.0. The van der Waals surface area contributed by atoms with E-state index in [1.54, 1.807) is 7.11 Å². The molecule has 7 heteroatoms. The van der Waals surface area contributed by atoms with E-state index in [-0.39, 0.29) is 11.7 Å². The molecule has 1 heterocycles. The van der Waals surface area contributed by atoms with E-state index in [1.807, 2.05) is 24.3 Å². The molecule has 0 bridgehead atoms. The van der Waals surface area contributed by atoms with Crippen LogP contribution in [0, 0.1) is 5.82 Å². The maximum absolute atomic E-state index is 12.9. The molecule has 3 aromatic rings. The second kappa shape index (κ2) is 7.85. The van der Waals surface area contributed by atoms with Crippen molar-refractivity contribution in [3.8, 4) is 5.75 Å². The standard InChI is InChI=1S/C18H16FN3O2S/c1-24-15-9-2-12(3-10-15)4-11-16-21-22-18(25-16)20-17(23)13-5-7-14(19)8-6-13/h2-3,5-10H,4,11H2,1H3,(H,20,22,23). The number of rotatable bonds is 6. The van der Waals surface area contributed by atoms with Crippen molar-refractivity contribution in [2.75, 3.05) is 12.4 Å². The van der Waals surface area contributed by atoms with Crippen molar-refractivity contribution in [1.29, 1.82) is 0 Å². The number of aryl methyl sites for hydroxylation is 2. The number of ether oxygens (including phenoxy) is 1. The lowest BCUT2D eigenvalue weighted by Crippen LogP contribution is -2.11. The fourth-order valence-electron chi connectivity index (χ4n) is 2.22. The maximum Gasteiger partial charge on any atom is 0.257 e. The second-order valence-electron chi connectivity index (χ2n) is 5.31. The second-order valence-corrected chi connectivity index (χ2v) is 6.37. The van der Waals surface area contributed by atoms with Gasteiger partial charge in [0.2, 0.25) is 5.13 Å². The van der Waals surface area contributed by atoms with Gasteiger partial charge >= 0.3 is 0 Å². The van der Waals surface area contributed by atoms with E-state index >= 15 is 0 Å². The Balaban J connectivity index is 1.56. The quantitative estimate of drug-likeness (QED) is 0.730. The van der Waals surface area contributed by atoms with Gasteiger partial charge in [0.25, 0.3) is 5.91 Å². The summed E-state index contributed by atoms with van der Waals surface area (Å²) in [5.41, 5.74) is 1.55. The Morgan fingerprint density at radius 1 is 1.08 bits per heavy atom. The highest BCUT2D eigenvalue weighted by Gasteiger charge is 2.10. The Bertz CT molecular complexity index is 848. The first-order chi connectivity index (χ1) is 12.1. The highest BCUT2D eigenvalue weighted by atomic mass is 32.1. The molecule has 128 valence electrons. The molecule has 25 heavy (non-hydrogen) atoms. The molecule has 0 atom stereocenters. The molecule has 0 aliphatic heterocycles. The SMILES string of the molecule is COc1ccc(CCc2nnc(NC(=O)c3ccc(F)cc3)s2)cc1.